The van der Waals surface area contributed by atoms with Crippen molar-refractivity contribution >= 4 is 17.7 Å². The molecule has 122 valence electrons. The van der Waals surface area contributed by atoms with Crippen LogP contribution in [-0.4, -0.2) is 38.4 Å². The standard InChI is InChI=1S/C17H17N5OS/c23-17(18-11-12-24-15-9-5-2-6-10-15)16(22-13-19-20-21-22)14-7-3-1-4-8-14/h1-10,13,16H,11-12H2,(H,18,23)/t16-/m1/s1. The second kappa shape index (κ2) is 8.26. The molecule has 0 saturated heterocycles. The molecule has 0 aliphatic rings. The van der Waals surface area contributed by atoms with Crippen molar-refractivity contribution < 1.29 is 4.79 Å². The number of rotatable bonds is 7. The predicted molar refractivity (Wildman–Crippen MR) is 92.6 cm³/mol. The van der Waals surface area contributed by atoms with Crippen molar-refractivity contribution in [2.45, 2.75) is 10.9 Å². The fraction of sp³-hybridized carbons (Fsp3) is 0.176. The van der Waals surface area contributed by atoms with Gasteiger partial charge in [0.25, 0.3) is 0 Å². The zero-order chi connectivity index (χ0) is 16.6. The van der Waals surface area contributed by atoms with Crippen LogP contribution in [0.3, 0.4) is 0 Å². The Morgan fingerprint density at radius 1 is 1.08 bits per heavy atom. The van der Waals surface area contributed by atoms with E-state index in [9.17, 15) is 4.79 Å². The fourth-order valence-corrected chi connectivity index (χ4v) is 3.09. The second-order valence-electron chi connectivity index (χ2n) is 5.06. The Morgan fingerprint density at radius 3 is 2.46 bits per heavy atom. The Hall–Kier alpha value is -2.67. The molecule has 2 aromatic carbocycles. The van der Waals surface area contributed by atoms with Crippen LogP contribution in [0.5, 0.6) is 0 Å². The Kier molecular flexibility index (Phi) is 5.57. The van der Waals surface area contributed by atoms with Gasteiger partial charge in [-0.25, -0.2) is 4.68 Å². The summed E-state index contributed by atoms with van der Waals surface area (Å²) in [6.07, 6.45) is 1.45. The van der Waals surface area contributed by atoms with Crippen LogP contribution in [0.4, 0.5) is 0 Å². The molecule has 1 N–H and O–H groups in total. The SMILES string of the molecule is O=C(NCCSc1ccccc1)[C@@H](c1ccccc1)n1cnnn1. The van der Waals surface area contributed by atoms with E-state index in [1.807, 2.05) is 48.5 Å². The Balaban J connectivity index is 1.60. The van der Waals surface area contributed by atoms with Crippen molar-refractivity contribution in [1.29, 1.82) is 0 Å². The van der Waals surface area contributed by atoms with E-state index in [2.05, 4.69) is 33.0 Å². The Bertz CT molecular complexity index is 749. The third kappa shape index (κ3) is 4.20. The maximum atomic E-state index is 12.6. The number of carbonyl (C=O) groups is 1. The summed E-state index contributed by atoms with van der Waals surface area (Å²) >= 11 is 1.71. The molecule has 0 aliphatic carbocycles. The largest absolute Gasteiger partial charge is 0.353 e. The zero-order valence-electron chi connectivity index (χ0n) is 12.9. The molecular formula is C17H17N5OS. The van der Waals surface area contributed by atoms with Crippen LogP contribution < -0.4 is 5.32 Å². The van der Waals surface area contributed by atoms with Crippen LogP contribution in [-0.2, 0) is 4.79 Å². The van der Waals surface area contributed by atoms with Gasteiger partial charge in [0.2, 0.25) is 5.91 Å². The molecule has 1 amide bonds. The highest BCUT2D eigenvalue weighted by atomic mass is 32.2. The smallest absolute Gasteiger partial charge is 0.249 e. The van der Waals surface area contributed by atoms with Crippen LogP contribution in [0.2, 0.25) is 0 Å². The lowest BCUT2D eigenvalue weighted by molar-refractivity contribution is -0.123. The number of hydrogen-bond acceptors (Lipinski definition) is 5. The van der Waals surface area contributed by atoms with Gasteiger partial charge in [-0.05, 0) is 28.1 Å². The summed E-state index contributed by atoms with van der Waals surface area (Å²) in [5, 5.41) is 14.1. The maximum Gasteiger partial charge on any atom is 0.249 e. The Labute approximate surface area is 144 Å². The maximum absolute atomic E-state index is 12.6. The third-order valence-electron chi connectivity index (χ3n) is 3.41. The highest BCUT2D eigenvalue weighted by Gasteiger charge is 2.23. The molecule has 0 spiro atoms. The second-order valence-corrected chi connectivity index (χ2v) is 6.22. The Morgan fingerprint density at radius 2 is 1.79 bits per heavy atom. The molecule has 0 unspecified atom stereocenters. The van der Waals surface area contributed by atoms with Crippen molar-refractivity contribution in [1.82, 2.24) is 25.5 Å². The van der Waals surface area contributed by atoms with Gasteiger partial charge < -0.3 is 5.32 Å². The van der Waals surface area contributed by atoms with Gasteiger partial charge in [0, 0.05) is 17.2 Å². The summed E-state index contributed by atoms with van der Waals surface area (Å²) in [7, 11) is 0. The van der Waals surface area contributed by atoms with Gasteiger partial charge in [0.15, 0.2) is 6.04 Å². The molecule has 0 bridgehead atoms. The lowest BCUT2D eigenvalue weighted by Gasteiger charge is -2.16. The van der Waals surface area contributed by atoms with Gasteiger partial charge in [0.1, 0.15) is 6.33 Å². The molecule has 3 rings (SSSR count). The first-order valence-corrected chi connectivity index (χ1v) is 8.56. The van der Waals surface area contributed by atoms with Gasteiger partial charge in [-0.1, -0.05) is 48.5 Å². The molecule has 1 aromatic heterocycles. The van der Waals surface area contributed by atoms with Gasteiger partial charge in [0.05, 0.1) is 0 Å². The van der Waals surface area contributed by atoms with Crippen molar-refractivity contribution in [3.8, 4) is 0 Å². The molecule has 0 saturated carbocycles. The number of benzene rings is 2. The van der Waals surface area contributed by atoms with Gasteiger partial charge in [-0.3, -0.25) is 4.79 Å². The van der Waals surface area contributed by atoms with Crippen LogP contribution >= 0.6 is 11.8 Å². The molecule has 6 nitrogen and oxygen atoms in total. The normalized spacial score (nSPS) is 11.8. The molecule has 7 heteroatoms. The minimum Gasteiger partial charge on any atom is -0.353 e. The van der Waals surface area contributed by atoms with Crippen LogP contribution in [0, 0.1) is 0 Å². The van der Waals surface area contributed by atoms with E-state index < -0.39 is 6.04 Å². The first-order valence-electron chi connectivity index (χ1n) is 7.57. The van der Waals surface area contributed by atoms with E-state index in [4.69, 9.17) is 0 Å². The van der Waals surface area contributed by atoms with Gasteiger partial charge >= 0.3 is 0 Å². The highest BCUT2D eigenvalue weighted by molar-refractivity contribution is 7.99. The number of tetrazole rings is 1. The highest BCUT2D eigenvalue weighted by Crippen LogP contribution is 2.18. The summed E-state index contributed by atoms with van der Waals surface area (Å²) in [6.45, 7) is 0.573. The van der Waals surface area contributed by atoms with E-state index in [1.54, 1.807) is 11.8 Å². The monoisotopic (exact) mass is 339 g/mol. The first kappa shape index (κ1) is 16.2. The molecular weight excluding hydrogens is 322 g/mol. The molecule has 1 atom stereocenters. The third-order valence-corrected chi connectivity index (χ3v) is 4.42. The molecule has 0 aliphatic heterocycles. The van der Waals surface area contributed by atoms with Crippen LogP contribution in [0.1, 0.15) is 11.6 Å². The van der Waals surface area contributed by atoms with E-state index in [0.29, 0.717) is 6.54 Å². The van der Waals surface area contributed by atoms with Crippen LogP contribution in [0.25, 0.3) is 0 Å². The summed E-state index contributed by atoms with van der Waals surface area (Å²) in [4.78, 5) is 13.8. The molecule has 0 fully saturated rings. The zero-order valence-corrected chi connectivity index (χ0v) is 13.8. The number of amides is 1. The predicted octanol–water partition coefficient (Wildman–Crippen LogP) is 2.17. The molecule has 3 aromatic rings. The van der Waals surface area contributed by atoms with E-state index in [-0.39, 0.29) is 5.91 Å². The minimum atomic E-state index is -0.567. The fourth-order valence-electron chi connectivity index (χ4n) is 2.30. The van der Waals surface area contributed by atoms with E-state index in [0.717, 1.165) is 11.3 Å². The lowest BCUT2D eigenvalue weighted by Crippen LogP contribution is -2.35. The summed E-state index contributed by atoms with van der Waals surface area (Å²) in [5.41, 5.74) is 0.845. The van der Waals surface area contributed by atoms with Gasteiger partial charge in [-0.15, -0.1) is 16.9 Å². The molecule has 1 heterocycles. The van der Waals surface area contributed by atoms with Gasteiger partial charge in [-0.2, -0.15) is 0 Å². The minimum absolute atomic E-state index is 0.123. The van der Waals surface area contributed by atoms with E-state index >= 15 is 0 Å². The summed E-state index contributed by atoms with van der Waals surface area (Å²) in [6, 6.07) is 19.0. The first-order chi connectivity index (χ1) is 11.8. The van der Waals surface area contributed by atoms with Crippen LogP contribution in [0.15, 0.2) is 71.9 Å². The average molecular weight is 339 g/mol. The molecule has 0 radical (unpaired) electrons. The molecule has 24 heavy (non-hydrogen) atoms. The van der Waals surface area contributed by atoms with Crippen molar-refractivity contribution in [3.63, 3.8) is 0 Å². The number of aromatic nitrogens is 4. The van der Waals surface area contributed by atoms with Crippen molar-refractivity contribution in [2.24, 2.45) is 0 Å². The lowest BCUT2D eigenvalue weighted by atomic mass is 10.1. The number of nitrogens with one attached hydrogen (secondary N) is 1. The van der Waals surface area contributed by atoms with Crippen molar-refractivity contribution in [2.75, 3.05) is 12.3 Å². The number of thioether (sulfide) groups is 1. The number of carbonyl (C=O) groups excluding carboxylic acids is 1. The quantitative estimate of drug-likeness (QED) is 0.527. The number of hydrogen-bond donors (Lipinski definition) is 1. The topological polar surface area (TPSA) is 72.7 Å². The number of nitrogens with zero attached hydrogens (tertiary/aromatic N) is 4. The summed E-state index contributed by atoms with van der Waals surface area (Å²) in [5.74, 6) is 0.675. The van der Waals surface area contributed by atoms with E-state index in [1.165, 1.54) is 15.9 Å². The summed E-state index contributed by atoms with van der Waals surface area (Å²) < 4.78 is 1.47. The van der Waals surface area contributed by atoms with Crippen molar-refractivity contribution in [3.05, 3.63) is 72.6 Å². The average Bonchev–Trinajstić information content (AvgIpc) is 3.15.